The SMILES string of the molecule is COc1ccccc1C(=O)Nc1ccc(OCc2cc(C(=O)NCCc3ccccc3)no2)cc1. The quantitative estimate of drug-likeness (QED) is 0.353. The van der Waals surface area contributed by atoms with Gasteiger partial charge in [0.05, 0.1) is 12.7 Å². The third kappa shape index (κ3) is 6.48. The second kappa shape index (κ2) is 11.5. The molecule has 1 aromatic heterocycles. The van der Waals surface area contributed by atoms with Crippen LogP contribution in [0, 0.1) is 0 Å². The molecule has 1 heterocycles. The summed E-state index contributed by atoms with van der Waals surface area (Å²) in [6, 6.07) is 25.4. The van der Waals surface area contributed by atoms with Crippen LogP contribution in [0.5, 0.6) is 11.5 Å². The van der Waals surface area contributed by atoms with Gasteiger partial charge in [0, 0.05) is 18.3 Å². The first-order valence-corrected chi connectivity index (χ1v) is 11.1. The van der Waals surface area contributed by atoms with Crippen LogP contribution in [0.2, 0.25) is 0 Å². The number of nitrogens with zero attached hydrogens (tertiary/aromatic N) is 1. The van der Waals surface area contributed by atoms with E-state index in [1.807, 2.05) is 30.3 Å². The lowest BCUT2D eigenvalue weighted by molar-refractivity contribution is 0.0944. The summed E-state index contributed by atoms with van der Waals surface area (Å²) in [5.74, 6) is 0.928. The molecule has 0 radical (unpaired) electrons. The second-order valence-electron chi connectivity index (χ2n) is 7.64. The molecule has 0 atom stereocenters. The number of aromatic nitrogens is 1. The van der Waals surface area contributed by atoms with Crippen molar-refractivity contribution in [1.82, 2.24) is 10.5 Å². The van der Waals surface area contributed by atoms with E-state index < -0.39 is 0 Å². The van der Waals surface area contributed by atoms with Gasteiger partial charge in [-0.05, 0) is 48.4 Å². The summed E-state index contributed by atoms with van der Waals surface area (Å²) in [6.07, 6.45) is 0.732. The number of hydrogen-bond donors (Lipinski definition) is 2. The summed E-state index contributed by atoms with van der Waals surface area (Å²) >= 11 is 0. The normalized spacial score (nSPS) is 10.4. The average Bonchev–Trinajstić information content (AvgIpc) is 3.38. The Morgan fingerprint density at radius 1 is 0.914 bits per heavy atom. The largest absolute Gasteiger partial charge is 0.496 e. The van der Waals surface area contributed by atoms with Crippen molar-refractivity contribution in [2.75, 3.05) is 19.0 Å². The minimum absolute atomic E-state index is 0.108. The standard InChI is InChI=1S/C27H25N3O5/c1-33-25-10-6-5-9-23(25)26(31)29-20-11-13-21(14-12-20)34-18-22-17-24(30-35-22)27(32)28-16-15-19-7-3-2-4-8-19/h2-14,17H,15-16,18H2,1H3,(H,28,32)(H,29,31). The van der Waals surface area contributed by atoms with E-state index in [1.165, 1.54) is 7.11 Å². The van der Waals surface area contributed by atoms with Gasteiger partial charge in [0.2, 0.25) is 0 Å². The molecule has 2 amide bonds. The highest BCUT2D eigenvalue weighted by Gasteiger charge is 2.14. The third-order valence-electron chi connectivity index (χ3n) is 5.18. The molecular weight excluding hydrogens is 446 g/mol. The maximum absolute atomic E-state index is 12.5. The molecule has 178 valence electrons. The molecule has 0 spiro atoms. The molecule has 0 saturated heterocycles. The maximum atomic E-state index is 12.5. The van der Waals surface area contributed by atoms with Crippen LogP contribution in [-0.2, 0) is 13.0 Å². The summed E-state index contributed by atoms with van der Waals surface area (Å²) in [7, 11) is 1.52. The molecule has 0 bridgehead atoms. The van der Waals surface area contributed by atoms with Crippen molar-refractivity contribution in [2.24, 2.45) is 0 Å². The summed E-state index contributed by atoms with van der Waals surface area (Å²) in [5, 5.41) is 9.48. The molecule has 35 heavy (non-hydrogen) atoms. The van der Waals surface area contributed by atoms with Crippen molar-refractivity contribution < 1.29 is 23.6 Å². The Morgan fingerprint density at radius 2 is 1.66 bits per heavy atom. The molecule has 0 aliphatic rings. The zero-order valence-electron chi connectivity index (χ0n) is 19.2. The lowest BCUT2D eigenvalue weighted by atomic mass is 10.1. The van der Waals surface area contributed by atoms with Gasteiger partial charge >= 0.3 is 0 Å². The van der Waals surface area contributed by atoms with E-state index in [0.717, 1.165) is 12.0 Å². The first-order chi connectivity index (χ1) is 17.1. The van der Waals surface area contributed by atoms with Crippen molar-refractivity contribution in [3.8, 4) is 11.5 Å². The fourth-order valence-corrected chi connectivity index (χ4v) is 3.36. The van der Waals surface area contributed by atoms with E-state index in [9.17, 15) is 9.59 Å². The first kappa shape index (κ1) is 23.6. The number of amides is 2. The van der Waals surface area contributed by atoms with E-state index >= 15 is 0 Å². The molecule has 0 fully saturated rings. The van der Waals surface area contributed by atoms with Crippen molar-refractivity contribution in [1.29, 1.82) is 0 Å². The first-order valence-electron chi connectivity index (χ1n) is 11.1. The van der Waals surface area contributed by atoms with Gasteiger partial charge in [0.1, 0.15) is 18.1 Å². The van der Waals surface area contributed by atoms with Crippen molar-refractivity contribution in [2.45, 2.75) is 13.0 Å². The Morgan fingerprint density at radius 3 is 2.43 bits per heavy atom. The number of anilines is 1. The van der Waals surface area contributed by atoms with Gasteiger partial charge in [-0.3, -0.25) is 9.59 Å². The van der Waals surface area contributed by atoms with Crippen molar-refractivity contribution >= 4 is 17.5 Å². The molecule has 0 unspecified atom stereocenters. The van der Waals surface area contributed by atoms with Gasteiger partial charge in [-0.15, -0.1) is 0 Å². The van der Waals surface area contributed by atoms with Crippen LogP contribution in [0.25, 0.3) is 0 Å². The number of benzene rings is 3. The zero-order chi connectivity index (χ0) is 24.5. The minimum Gasteiger partial charge on any atom is -0.496 e. The maximum Gasteiger partial charge on any atom is 0.273 e. The number of methoxy groups -OCH3 is 1. The van der Waals surface area contributed by atoms with Crippen LogP contribution >= 0.6 is 0 Å². The highest BCUT2D eigenvalue weighted by Crippen LogP contribution is 2.21. The van der Waals surface area contributed by atoms with Gasteiger partial charge in [0.15, 0.2) is 11.5 Å². The van der Waals surface area contributed by atoms with E-state index in [0.29, 0.717) is 35.1 Å². The summed E-state index contributed by atoms with van der Waals surface area (Å²) in [5.41, 5.74) is 2.40. The van der Waals surface area contributed by atoms with E-state index in [-0.39, 0.29) is 24.1 Å². The fourth-order valence-electron chi connectivity index (χ4n) is 3.36. The van der Waals surface area contributed by atoms with Crippen molar-refractivity contribution in [3.63, 3.8) is 0 Å². The van der Waals surface area contributed by atoms with E-state index in [2.05, 4.69) is 15.8 Å². The molecular formula is C27H25N3O5. The smallest absolute Gasteiger partial charge is 0.273 e. The Labute approximate surface area is 202 Å². The van der Waals surface area contributed by atoms with Crippen LogP contribution in [-0.4, -0.2) is 30.6 Å². The molecule has 0 aliphatic heterocycles. The fraction of sp³-hybridized carbons (Fsp3) is 0.148. The van der Waals surface area contributed by atoms with Gasteiger partial charge in [-0.2, -0.15) is 0 Å². The Hall–Kier alpha value is -4.59. The highest BCUT2D eigenvalue weighted by atomic mass is 16.5. The van der Waals surface area contributed by atoms with Crippen LogP contribution in [0.15, 0.2) is 89.5 Å². The van der Waals surface area contributed by atoms with Crippen LogP contribution in [0.1, 0.15) is 32.2 Å². The average molecular weight is 472 g/mol. The lowest BCUT2D eigenvalue weighted by Crippen LogP contribution is -2.25. The Bertz CT molecular complexity index is 1270. The molecule has 4 rings (SSSR count). The molecule has 8 nitrogen and oxygen atoms in total. The molecule has 3 aromatic carbocycles. The predicted molar refractivity (Wildman–Crippen MR) is 131 cm³/mol. The van der Waals surface area contributed by atoms with Crippen LogP contribution < -0.4 is 20.1 Å². The van der Waals surface area contributed by atoms with Crippen LogP contribution in [0.3, 0.4) is 0 Å². The minimum atomic E-state index is -0.300. The van der Waals surface area contributed by atoms with Gasteiger partial charge in [0.25, 0.3) is 11.8 Å². The second-order valence-corrected chi connectivity index (χ2v) is 7.64. The zero-order valence-corrected chi connectivity index (χ0v) is 19.2. The number of carbonyl (C=O) groups is 2. The van der Waals surface area contributed by atoms with Gasteiger partial charge < -0.3 is 24.6 Å². The topological polar surface area (TPSA) is 103 Å². The Kier molecular flexibility index (Phi) is 7.75. The molecule has 8 heteroatoms. The van der Waals surface area contributed by atoms with E-state index in [4.69, 9.17) is 14.0 Å². The summed E-state index contributed by atoms with van der Waals surface area (Å²) < 4.78 is 16.2. The van der Waals surface area contributed by atoms with Crippen LogP contribution in [0.4, 0.5) is 5.69 Å². The third-order valence-corrected chi connectivity index (χ3v) is 5.18. The number of hydrogen-bond acceptors (Lipinski definition) is 6. The number of nitrogens with one attached hydrogen (secondary N) is 2. The van der Waals surface area contributed by atoms with E-state index in [1.54, 1.807) is 54.6 Å². The predicted octanol–water partition coefficient (Wildman–Crippen LogP) is 4.49. The monoisotopic (exact) mass is 471 g/mol. The number of carbonyl (C=O) groups excluding carboxylic acids is 2. The molecule has 4 aromatic rings. The summed E-state index contributed by atoms with van der Waals surface area (Å²) in [6.45, 7) is 0.610. The molecule has 0 saturated carbocycles. The van der Waals surface area contributed by atoms with Crippen molar-refractivity contribution in [3.05, 3.63) is 108 Å². The van der Waals surface area contributed by atoms with Gasteiger partial charge in [-0.1, -0.05) is 47.6 Å². The molecule has 0 aliphatic carbocycles. The summed E-state index contributed by atoms with van der Waals surface area (Å²) in [4.78, 5) is 24.8. The Balaban J connectivity index is 1.25. The molecule has 2 N–H and O–H groups in total. The number of ether oxygens (including phenoxy) is 2. The number of para-hydroxylation sites is 1. The number of rotatable bonds is 10. The lowest BCUT2D eigenvalue weighted by Gasteiger charge is -2.10. The highest BCUT2D eigenvalue weighted by molar-refractivity contribution is 6.06. The van der Waals surface area contributed by atoms with Gasteiger partial charge in [-0.25, -0.2) is 0 Å².